The third kappa shape index (κ3) is 5.61. The first-order valence-electron chi connectivity index (χ1n) is 6.15. The van der Waals surface area contributed by atoms with E-state index in [1.165, 1.54) is 37.7 Å². The lowest BCUT2D eigenvalue weighted by atomic mass is 10.0. The van der Waals surface area contributed by atoms with Gasteiger partial charge in [0.2, 0.25) is 0 Å². The average molecular weight is 204 g/mol. The van der Waals surface area contributed by atoms with Gasteiger partial charge < -0.3 is 0 Å². The molecule has 0 bridgehead atoms. The Morgan fingerprint density at radius 1 is 0.733 bits per heavy atom. The van der Waals surface area contributed by atoms with Crippen LogP contribution < -0.4 is 0 Å². The van der Waals surface area contributed by atoms with E-state index in [4.69, 9.17) is 0 Å². The second-order valence-electron chi connectivity index (χ2n) is 4.78. The molecule has 1 aliphatic rings. The summed E-state index contributed by atoms with van der Waals surface area (Å²) >= 11 is 0. The number of hydrogen-bond acceptors (Lipinski definition) is 0. The van der Waals surface area contributed by atoms with Gasteiger partial charge in [0.15, 0.2) is 0 Å². The molecule has 15 heavy (non-hydrogen) atoms. The predicted molar refractivity (Wildman–Crippen MR) is 69.0 cm³/mol. The van der Waals surface area contributed by atoms with Crippen molar-refractivity contribution in [2.75, 3.05) is 0 Å². The predicted octanol–water partition coefficient (Wildman–Crippen LogP) is 5.18. The molecule has 0 aromatic heterocycles. The van der Waals surface area contributed by atoms with E-state index in [1.54, 1.807) is 11.1 Å². The lowest BCUT2D eigenvalue weighted by Gasteiger charge is -2.05. The van der Waals surface area contributed by atoms with Crippen LogP contribution in [0.15, 0.2) is 34.9 Å². The maximum atomic E-state index is 2.41. The molecule has 0 aromatic carbocycles. The topological polar surface area (TPSA) is 0 Å². The Hall–Kier alpha value is -0.780. The normalized spacial score (nSPS) is 31.0. The van der Waals surface area contributed by atoms with Crippen molar-refractivity contribution in [3.63, 3.8) is 0 Å². The molecule has 0 aliphatic heterocycles. The minimum Gasteiger partial charge on any atom is -0.0853 e. The van der Waals surface area contributed by atoms with E-state index >= 15 is 0 Å². The maximum absolute atomic E-state index is 2.41. The molecule has 0 N–H and O–H groups in total. The van der Waals surface area contributed by atoms with Crippen molar-refractivity contribution in [3.05, 3.63) is 34.9 Å². The molecule has 0 nitrogen and oxygen atoms in total. The summed E-state index contributed by atoms with van der Waals surface area (Å²) < 4.78 is 0. The Balaban J connectivity index is 2.62. The Labute approximate surface area is 94.8 Å². The second-order valence-corrected chi connectivity index (χ2v) is 4.78. The molecule has 0 fully saturated rings. The third-order valence-electron chi connectivity index (χ3n) is 3.11. The maximum Gasteiger partial charge on any atom is -0.0164 e. The highest BCUT2D eigenvalue weighted by Crippen LogP contribution is 2.16. The van der Waals surface area contributed by atoms with Crippen LogP contribution in [0.2, 0.25) is 0 Å². The number of rotatable bonds is 0. The molecule has 0 saturated carbocycles. The van der Waals surface area contributed by atoms with E-state index in [0.717, 1.165) is 6.42 Å². The van der Waals surface area contributed by atoms with Crippen LogP contribution in [-0.4, -0.2) is 0 Å². The summed E-state index contributed by atoms with van der Waals surface area (Å²) in [6.45, 7) is 6.77. The van der Waals surface area contributed by atoms with E-state index in [-0.39, 0.29) is 0 Å². The molecular formula is C15H24. The van der Waals surface area contributed by atoms with Gasteiger partial charge in [-0.1, -0.05) is 34.9 Å². The molecule has 0 amide bonds. The highest BCUT2D eigenvalue weighted by Gasteiger charge is 1.96. The second kappa shape index (κ2) is 6.66. The standard InChI is InChI=1S/C15H24/c1-13-7-4-9-14(2)11-6-12-15(3)10-5-8-13/h7,9-10H,4-6,8,11-12H2,1-3H3/b13-7-,14-9-,15-10-. The van der Waals surface area contributed by atoms with Gasteiger partial charge in [-0.05, 0) is 59.3 Å². The van der Waals surface area contributed by atoms with E-state index in [1.807, 2.05) is 0 Å². The fourth-order valence-corrected chi connectivity index (χ4v) is 1.96. The first kappa shape index (κ1) is 12.3. The van der Waals surface area contributed by atoms with Crippen LogP contribution in [0, 0.1) is 0 Å². The average Bonchev–Trinajstić information content (AvgIpc) is 2.16. The van der Waals surface area contributed by atoms with E-state index in [0.29, 0.717) is 0 Å². The molecule has 0 unspecified atom stereocenters. The zero-order valence-corrected chi connectivity index (χ0v) is 10.5. The zero-order chi connectivity index (χ0) is 11.1. The monoisotopic (exact) mass is 204 g/mol. The molecule has 0 heterocycles. The van der Waals surface area contributed by atoms with Gasteiger partial charge in [-0.15, -0.1) is 0 Å². The number of hydrogen-bond donors (Lipinski definition) is 0. The van der Waals surface area contributed by atoms with Crippen molar-refractivity contribution in [1.29, 1.82) is 0 Å². The van der Waals surface area contributed by atoms with Crippen LogP contribution in [0.1, 0.15) is 59.3 Å². The van der Waals surface area contributed by atoms with E-state index in [2.05, 4.69) is 39.0 Å². The summed E-state index contributed by atoms with van der Waals surface area (Å²) in [6.07, 6.45) is 14.6. The molecule has 0 saturated heterocycles. The molecular weight excluding hydrogens is 180 g/mol. The summed E-state index contributed by atoms with van der Waals surface area (Å²) in [6, 6.07) is 0. The molecule has 0 radical (unpaired) electrons. The van der Waals surface area contributed by atoms with Crippen LogP contribution in [0.5, 0.6) is 0 Å². The Bertz CT molecular complexity index is 276. The fraction of sp³-hybridized carbons (Fsp3) is 0.600. The SMILES string of the molecule is C/C1=C/C/C=C(/C)CCC/C(C)=C\CC1. The summed E-state index contributed by atoms with van der Waals surface area (Å²) in [5.41, 5.74) is 4.65. The van der Waals surface area contributed by atoms with Crippen molar-refractivity contribution in [2.24, 2.45) is 0 Å². The zero-order valence-electron chi connectivity index (χ0n) is 10.5. The van der Waals surface area contributed by atoms with Crippen LogP contribution in [0.4, 0.5) is 0 Å². The van der Waals surface area contributed by atoms with Crippen molar-refractivity contribution < 1.29 is 0 Å². The van der Waals surface area contributed by atoms with Gasteiger partial charge in [-0.2, -0.15) is 0 Å². The largest absolute Gasteiger partial charge is 0.0853 e. The van der Waals surface area contributed by atoms with Gasteiger partial charge in [-0.3, -0.25) is 0 Å². The lowest BCUT2D eigenvalue weighted by molar-refractivity contribution is 0.791. The van der Waals surface area contributed by atoms with Crippen LogP contribution >= 0.6 is 0 Å². The van der Waals surface area contributed by atoms with Gasteiger partial charge in [0.25, 0.3) is 0 Å². The van der Waals surface area contributed by atoms with Crippen molar-refractivity contribution in [3.8, 4) is 0 Å². The molecule has 0 spiro atoms. The van der Waals surface area contributed by atoms with Crippen molar-refractivity contribution in [1.82, 2.24) is 0 Å². The highest BCUT2D eigenvalue weighted by molar-refractivity contribution is 5.09. The molecule has 0 heteroatoms. The molecule has 1 aliphatic carbocycles. The van der Waals surface area contributed by atoms with Crippen LogP contribution in [0.25, 0.3) is 0 Å². The van der Waals surface area contributed by atoms with Gasteiger partial charge in [0.1, 0.15) is 0 Å². The van der Waals surface area contributed by atoms with Gasteiger partial charge >= 0.3 is 0 Å². The Morgan fingerprint density at radius 3 is 1.93 bits per heavy atom. The van der Waals surface area contributed by atoms with Crippen LogP contribution in [-0.2, 0) is 0 Å². The summed E-state index contributed by atoms with van der Waals surface area (Å²) in [5, 5.41) is 0. The summed E-state index contributed by atoms with van der Waals surface area (Å²) in [4.78, 5) is 0. The third-order valence-corrected chi connectivity index (χ3v) is 3.11. The molecule has 0 atom stereocenters. The first-order chi connectivity index (χ1) is 7.18. The fourth-order valence-electron chi connectivity index (χ4n) is 1.96. The van der Waals surface area contributed by atoms with E-state index < -0.39 is 0 Å². The number of allylic oxidation sites excluding steroid dienone is 6. The Morgan fingerprint density at radius 2 is 1.27 bits per heavy atom. The lowest BCUT2D eigenvalue weighted by Crippen LogP contribution is -1.85. The van der Waals surface area contributed by atoms with Gasteiger partial charge in [0.05, 0.1) is 0 Å². The first-order valence-corrected chi connectivity index (χ1v) is 6.15. The van der Waals surface area contributed by atoms with Crippen molar-refractivity contribution >= 4 is 0 Å². The highest BCUT2D eigenvalue weighted by atomic mass is 14.0. The quantitative estimate of drug-likeness (QED) is 0.477. The smallest absolute Gasteiger partial charge is 0.0164 e. The van der Waals surface area contributed by atoms with Gasteiger partial charge in [-0.25, -0.2) is 0 Å². The molecule has 1 rings (SSSR count). The minimum atomic E-state index is 1.13. The molecule has 84 valence electrons. The van der Waals surface area contributed by atoms with Crippen LogP contribution in [0.3, 0.4) is 0 Å². The minimum absolute atomic E-state index is 1.13. The van der Waals surface area contributed by atoms with E-state index in [9.17, 15) is 0 Å². The summed E-state index contributed by atoms with van der Waals surface area (Å²) in [7, 11) is 0. The summed E-state index contributed by atoms with van der Waals surface area (Å²) in [5.74, 6) is 0. The Kier molecular flexibility index (Phi) is 5.45. The van der Waals surface area contributed by atoms with Crippen molar-refractivity contribution in [2.45, 2.75) is 59.3 Å². The molecule has 0 aromatic rings. The van der Waals surface area contributed by atoms with Gasteiger partial charge in [0, 0.05) is 0 Å².